The van der Waals surface area contributed by atoms with E-state index in [0.29, 0.717) is 19.1 Å². The van der Waals surface area contributed by atoms with E-state index >= 15 is 0 Å². The zero-order chi connectivity index (χ0) is 18.7. The van der Waals surface area contributed by atoms with E-state index in [9.17, 15) is 0 Å². The molecule has 3 aromatic rings. The van der Waals surface area contributed by atoms with Crippen LogP contribution in [0.2, 0.25) is 31.0 Å². The van der Waals surface area contributed by atoms with Gasteiger partial charge in [-0.3, -0.25) is 4.57 Å². The van der Waals surface area contributed by atoms with Crippen LogP contribution < -0.4 is 5.32 Å². The van der Waals surface area contributed by atoms with Gasteiger partial charge in [0.1, 0.15) is 24.0 Å². The van der Waals surface area contributed by atoms with Gasteiger partial charge in [0, 0.05) is 14.7 Å². The number of fused-ring (bicyclic) bond motifs is 1. The van der Waals surface area contributed by atoms with Crippen LogP contribution in [0.25, 0.3) is 11.0 Å². The van der Waals surface area contributed by atoms with Crippen LogP contribution >= 0.6 is 27.5 Å². The number of halogens is 2. The lowest BCUT2D eigenvalue weighted by Crippen LogP contribution is -2.22. The predicted molar refractivity (Wildman–Crippen MR) is 110 cm³/mol. The smallest absolute Gasteiger partial charge is 0.226 e. The number of hydrogen-bond donors (Lipinski definition) is 1. The average molecular weight is 458 g/mol. The first-order valence-electron chi connectivity index (χ1n) is 8.40. The number of nitrogens with zero attached hydrogens (tertiary/aromatic N) is 3. The molecule has 0 bridgehead atoms. The Balaban J connectivity index is 1.78. The van der Waals surface area contributed by atoms with Gasteiger partial charge in [-0.15, -0.1) is 0 Å². The van der Waals surface area contributed by atoms with Gasteiger partial charge in [-0.2, -0.15) is 4.98 Å². The molecule has 0 aromatic carbocycles. The van der Waals surface area contributed by atoms with E-state index in [1.54, 1.807) is 6.26 Å². The topological polar surface area (TPSA) is 65.1 Å². The molecule has 0 amide bonds. The standard InChI is InChI=1S/C17H22BrClN4O2Si/c1-26(2,3)8-7-24-11-23-14(18)9-13-15(21-17(19)22-16(13)23)20-10-12-5-4-6-25-12/h4-6,9H,7-8,10-11H2,1-3H3,(H,20,21,22). The maximum atomic E-state index is 6.14. The van der Waals surface area contributed by atoms with Crippen molar-refractivity contribution < 1.29 is 9.15 Å². The third-order valence-corrected chi connectivity index (χ3v) is 6.43. The highest BCUT2D eigenvalue weighted by Crippen LogP contribution is 2.29. The molecule has 26 heavy (non-hydrogen) atoms. The van der Waals surface area contributed by atoms with Crippen molar-refractivity contribution in [2.45, 2.75) is 39.0 Å². The van der Waals surface area contributed by atoms with Crippen LogP contribution in [0.3, 0.4) is 0 Å². The Morgan fingerprint density at radius 3 is 2.85 bits per heavy atom. The molecule has 0 unspecified atom stereocenters. The van der Waals surface area contributed by atoms with Gasteiger partial charge in [0.15, 0.2) is 0 Å². The maximum Gasteiger partial charge on any atom is 0.226 e. The summed E-state index contributed by atoms with van der Waals surface area (Å²) in [5, 5.41) is 4.32. The van der Waals surface area contributed by atoms with Gasteiger partial charge >= 0.3 is 0 Å². The molecule has 0 radical (unpaired) electrons. The molecule has 0 aliphatic carbocycles. The van der Waals surface area contributed by atoms with Crippen molar-refractivity contribution in [3.63, 3.8) is 0 Å². The third-order valence-electron chi connectivity index (χ3n) is 3.90. The van der Waals surface area contributed by atoms with Gasteiger partial charge in [-0.05, 0) is 51.8 Å². The fraction of sp³-hybridized carbons (Fsp3) is 0.412. The summed E-state index contributed by atoms with van der Waals surface area (Å²) in [6.45, 7) is 8.68. The minimum absolute atomic E-state index is 0.188. The Labute approximate surface area is 167 Å². The number of nitrogens with one attached hydrogen (secondary N) is 1. The van der Waals surface area contributed by atoms with Crippen molar-refractivity contribution in [3.05, 3.63) is 40.1 Å². The van der Waals surface area contributed by atoms with Gasteiger partial charge in [-0.25, -0.2) is 4.98 Å². The van der Waals surface area contributed by atoms with Crippen molar-refractivity contribution in [2.24, 2.45) is 0 Å². The molecule has 0 saturated carbocycles. The highest BCUT2D eigenvalue weighted by Gasteiger charge is 2.16. The van der Waals surface area contributed by atoms with Gasteiger partial charge < -0.3 is 14.5 Å². The van der Waals surface area contributed by atoms with E-state index < -0.39 is 8.07 Å². The zero-order valence-corrected chi connectivity index (χ0v) is 18.4. The Morgan fingerprint density at radius 2 is 2.15 bits per heavy atom. The Hall–Kier alpha value is -1.35. The molecule has 6 nitrogen and oxygen atoms in total. The molecule has 3 aromatic heterocycles. The minimum atomic E-state index is -1.11. The largest absolute Gasteiger partial charge is 0.467 e. The van der Waals surface area contributed by atoms with E-state index in [4.69, 9.17) is 20.8 Å². The summed E-state index contributed by atoms with van der Waals surface area (Å²) < 4.78 is 14.0. The van der Waals surface area contributed by atoms with Gasteiger partial charge in [0.25, 0.3) is 0 Å². The average Bonchev–Trinajstić information content (AvgIpc) is 3.17. The van der Waals surface area contributed by atoms with Crippen LogP contribution in [0.15, 0.2) is 33.5 Å². The van der Waals surface area contributed by atoms with Crippen molar-refractivity contribution in [1.82, 2.24) is 14.5 Å². The molecular weight excluding hydrogens is 436 g/mol. The second-order valence-electron chi connectivity index (χ2n) is 7.25. The van der Waals surface area contributed by atoms with Crippen molar-refractivity contribution >= 4 is 52.5 Å². The molecule has 0 fully saturated rings. The normalized spacial score (nSPS) is 12.0. The molecule has 1 N–H and O–H groups in total. The maximum absolute atomic E-state index is 6.14. The lowest BCUT2D eigenvalue weighted by molar-refractivity contribution is 0.0885. The lowest BCUT2D eigenvalue weighted by atomic mass is 10.3. The highest BCUT2D eigenvalue weighted by atomic mass is 79.9. The van der Waals surface area contributed by atoms with E-state index in [1.807, 2.05) is 22.8 Å². The summed E-state index contributed by atoms with van der Waals surface area (Å²) in [5.41, 5.74) is 0.729. The summed E-state index contributed by atoms with van der Waals surface area (Å²) in [4.78, 5) is 8.70. The Morgan fingerprint density at radius 1 is 1.35 bits per heavy atom. The number of ether oxygens (including phenoxy) is 1. The van der Waals surface area contributed by atoms with E-state index in [2.05, 4.69) is 50.9 Å². The van der Waals surface area contributed by atoms with Gasteiger partial charge in [0.05, 0.1) is 22.8 Å². The van der Waals surface area contributed by atoms with E-state index in [1.165, 1.54) is 0 Å². The first kappa shape index (κ1) is 19.4. The summed E-state index contributed by atoms with van der Waals surface area (Å²) in [6, 6.07) is 6.85. The number of aromatic nitrogens is 3. The zero-order valence-electron chi connectivity index (χ0n) is 15.1. The van der Waals surface area contributed by atoms with Crippen LogP contribution in [0.1, 0.15) is 5.76 Å². The summed E-state index contributed by atoms with van der Waals surface area (Å²) in [7, 11) is -1.11. The molecule has 9 heteroatoms. The number of hydrogen-bond acceptors (Lipinski definition) is 5. The first-order chi connectivity index (χ1) is 12.3. The third kappa shape index (κ3) is 4.88. The van der Waals surface area contributed by atoms with E-state index in [-0.39, 0.29) is 5.28 Å². The van der Waals surface area contributed by atoms with Crippen molar-refractivity contribution in [3.8, 4) is 0 Å². The van der Waals surface area contributed by atoms with Crippen LogP contribution in [0.5, 0.6) is 0 Å². The second-order valence-corrected chi connectivity index (χ2v) is 14.0. The fourth-order valence-corrected chi connectivity index (χ4v) is 3.86. The SMILES string of the molecule is C[Si](C)(C)CCOCn1c(Br)cc2c(NCc3ccco3)nc(Cl)nc21. The molecule has 0 aliphatic heterocycles. The highest BCUT2D eigenvalue weighted by molar-refractivity contribution is 9.10. The molecule has 0 saturated heterocycles. The summed E-state index contributed by atoms with van der Waals surface area (Å²) in [5.74, 6) is 1.49. The molecule has 0 atom stereocenters. The molecule has 3 rings (SSSR count). The number of furan rings is 1. The second kappa shape index (κ2) is 8.12. The fourth-order valence-electron chi connectivity index (χ4n) is 2.44. The predicted octanol–water partition coefficient (Wildman–Crippen LogP) is 5.36. The first-order valence-corrected chi connectivity index (χ1v) is 13.3. The molecule has 140 valence electrons. The minimum Gasteiger partial charge on any atom is -0.467 e. The summed E-state index contributed by atoms with van der Waals surface area (Å²) >= 11 is 9.72. The van der Waals surface area contributed by atoms with Crippen molar-refractivity contribution in [1.29, 1.82) is 0 Å². The van der Waals surface area contributed by atoms with Gasteiger partial charge in [0.2, 0.25) is 5.28 Å². The van der Waals surface area contributed by atoms with Gasteiger partial charge in [-0.1, -0.05) is 19.6 Å². The van der Waals surface area contributed by atoms with Crippen LogP contribution in [-0.4, -0.2) is 29.2 Å². The molecular formula is C17H22BrClN4O2Si. The Bertz CT molecular complexity index is 877. The molecule has 3 heterocycles. The monoisotopic (exact) mass is 456 g/mol. The van der Waals surface area contributed by atoms with Crippen LogP contribution in [0.4, 0.5) is 5.82 Å². The lowest BCUT2D eigenvalue weighted by Gasteiger charge is -2.16. The van der Waals surface area contributed by atoms with Crippen LogP contribution in [0, 0.1) is 0 Å². The summed E-state index contributed by atoms with van der Waals surface area (Å²) in [6.07, 6.45) is 1.64. The molecule has 0 aliphatic rings. The van der Waals surface area contributed by atoms with Crippen molar-refractivity contribution in [2.75, 3.05) is 11.9 Å². The van der Waals surface area contributed by atoms with Crippen LogP contribution in [-0.2, 0) is 18.0 Å². The van der Waals surface area contributed by atoms with E-state index in [0.717, 1.165) is 34.0 Å². The number of anilines is 1. The molecule has 0 spiro atoms. The Kier molecular flexibility index (Phi) is 6.06. The number of rotatable bonds is 8. The quantitative estimate of drug-likeness (QED) is 0.280.